The third kappa shape index (κ3) is 3.33. The van der Waals surface area contributed by atoms with Crippen LogP contribution in [-0.2, 0) is 9.53 Å². The third-order valence-corrected chi connectivity index (χ3v) is 5.22. The molecule has 2 aliphatic rings. The highest BCUT2D eigenvalue weighted by Gasteiger charge is 2.61. The van der Waals surface area contributed by atoms with E-state index in [1.165, 1.54) is 23.1 Å². The average molecular weight is 350 g/mol. The summed E-state index contributed by atoms with van der Waals surface area (Å²) < 4.78 is 18.7. The van der Waals surface area contributed by atoms with Gasteiger partial charge in [0.15, 0.2) is 11.3 Å². The van der Waals surface area contributed by atoms with Crippen LogP contribution in [0, 0.1) is 5.82 Å². The van der Waals surface area contributed by atoms with E-state index >= 15 is 0 Å². The van der Waals surface area contributed by atoms with E-state index in [2.05, 4.69) is 5.32 Å². The van der Waals surface area contributed by atoms with Crippen LogP contribution in [0.4, 0.5) is 14.9 Å². The lowest BCUT2D eigenvalue weighted by Gasteiger charge is -2.42. The number of ether oxygens (including phenoxy) is 1. The first kappa shape index (κ1) is 17.7. The van der Waals surface area contributed by atoms with Gasteiger partial charge in [-0.1, -0.05) is 12.5 Å². The van der Waals surface area contributed by atoms with E-state index in [1.54, 1.807) is 13.0 Å². The molecular formula is C18H23FN2O4. The number of carbonyl (C=O) groups is 2. The number of amides is 2. The Bertz CT molecular complexity index is 671. The number of nitrogens with one attached hydrogen (secondary N) is 1. The lowest BCUT2D eigenvalue weighted by atomic mass is 9.77. The first-order chi connectivity index (χ1) is 11.8. The Hall–Kier alpha value is -2.15. The average Bonchev–Trinajstić information content (AvgIpc) is 2.72. The van der Waals surface area contributed by atoms with E-state index in [1.807, 2.05) is 0 Å². The smallest absolute Gasteiger partial charge is 0.412 e. The van der Waals surface area contributed by atoms with Gasteiger partial charge >= 0.3 is 6.09 Å². The predicted molar refractivity (Wildman–Crippen MR) is 89.3 cm³/mol. The van der Waals surface area contributed by atoms with Crippen molar-refractivity contribution in [2.45, 2.75) is 56.8 Å². The molecule has 1 aromatic rings. The zero-order valence-corrected chi connectivity index (χ0v) is 14.3. The zero-order valence-electron chi connectivity index (χ0n) is 14.3. The standard InChI is InChI=1S/C18H23FN2O4/c1-17(24)18(9-3-2-4-10-18)25-16(23)21(17)11-8-15(22)20-14-7-5-6-13(19)12-14/h5-7,12,24H,2-4,8-11H2,1H3,(H,20,22)/t17-/m0/s1. The lowest BCUT2D eigenvalue weighted by molar-refractivity contribution is -0.159. The van der Waals surface area contributed by atoms with E-state index in [4.69, 9.17) is 4.74 Å². The monoisotopic (exact) mass is 350 g/mol. The molecule has 3 rings (SSSR count). The van der Waals surface area contributed by atoms with Crippen LogP contribution in [0.2, 0.25) is 0 Å². The van der Waals surface area contributed by atoms with Gasteiger partial charge in [-0.25, -0.2) is 9.18 Å². The minimum absolute atomic E-state index is 0.0160. The van der Waals surface area contributed by atoms with Crippen LogP contribution < -0.4 is 5.32 Å². The fourth-order valence-electron chi connectivity index (χ4n) is 3.75. The van der Waals surface area contributed by atoms with E-state index in [0.717, 1.165) is 19.3 Å². The highest BCUT2D eigenvalue weighted by atomic mass is 19.1. The maximum atomic E-state index is 13.2. The zero-order chi connectivity index (χ0) is 18.1. The molecule has 0 aromatic heterocycles. The van der Waals surface area contributed by atoms with Gasteiger partial charge in [-0.3, -0.25) is 9.69 Å². The SMILES string of the molecule is C[C@@]1(O)N(CCC(=O)Nc2cccc(F)c2)C(=O)OC12CCCCC2. The number of benzene rings is 1. The van der Waals surface area contributed by atoms with Crippen LogP contribution in [0.25, 0.3) is 0 Å². The molecule has 136 valence electrons. The molecular weight excluding hydrogens is 327 g/mol. The molecule has 0 radical (unpaired) electrons. The summed E-state index contributed by atoms with van der Waals surface area (Å²) in [5.41, 5.74) is -1.98. The van der Waals surface area contributed by atoms with Gasteiger partial charge in [0, 0.05) is 18.7 Å². The minimum Gasteiger partial charge on any atom is -0.438 e. The summed E-state index contributed by atoms with van der Waals surface area (Å²) in [5, 5.41) is 13.5. The fraction of sp³-hybridized carbons (Fsp3) is 0.556. The van der Waals surface area contributed by atoms with Crippen molar-refractivity contribution in [3.8, 4) is 0 Å². The number of nitrogens with zero attached hydrogens (tertiary/aromatic N) is 1. The van der Waals surface area contributed by atoms with Gasteiger partial charge in [-0.15, -0.1) is 0 Å². The van der Waals surface area contributed by atoms with E-state index in [0.29, 0.717) is 18.5 Å². The Kier molecular flexibility index (Phi) is 4.69. The van der Waals surface area contributed by atoms with Crippen molar-refractivity contribution in [3.05, 3.63) is 30.1 Å². The van der Waals surface area contributed by atoms with Crippen LogP contribution >= 0.6 is 0 Å². The number of halogens is 1. The summed E-state index contributed by atoms with van der Waals surface area (Å²) in [4.78, 5) is 25.5. The topological polar surface area (TPSA) is 78.9 Å². The number of aliphatic hydroxyl groups is 1. The maximum Gasteiger partial charge on any atom is 0.412 e. The van der Waals surface area contributed by atoms with Gasteiger partial charge in [0.1, 0.15) is 5.82 Å². The highest BCUT2D eigenvalue weighted by molar-refractivity contribution is 5.91. The van der Waals surface area contributed by atoms with E-state index in [9.17, 15) is 19.1 Å². The first-order valence-corrected chi connectivity index (χ1v) is 8.62. The fourth-order valence-corrected chi connectivity index (χ4v) is 3.75. The van der Waals surface area contributed by atoms with Gasteiger partial charge in [-0.2, -0.15) is 0 Å². The second-order valence-corrected chi connectivity index (χ2v) is 6.90. The molecule has 6 nitrogen and oxygen atoms in total. The van der Waals surface area contributed by atoms with Crippen molar-refractivity contribution in [1.29, 1.82) is 0 Å². The summed E-state index contributed by atoms with van der Waals surface area (Å²) >= 11 is 0. The van der Waals surface area contributed by atoms with Crippen LogP contribution in [0.1, 0.15) is 45.4 Å². The molecule has 2 N–H and O–H groups in total. The second-order valence-electron chi connectivity index (χ2n) is 6.90. The molecule has 1 aliphatic heterocycles. The third-order valence-electron chi connectivity index (χ3n) is 5.22. The van der Waals surface area contributed by atoms with Gasteiger partial charge < -0.3 is 15.2 Å². The lowest BCUT2D eigenvalue weighted by Crippen LogP contribution is -2.57. The molecule has 1 saturated heterocycles. The van der Waals surface area contributed by atoms with E-state index < -0.39 is 23.2 Å². The molecule has 25 heavy (non-hydrogen) atoms. The van der Waals surface area contributed by atoms with Crippen LogP contribution in [-0.4, -0.2) is 39.9 Å². The Morgan fingerprint density at radius 3 is 2.76 bits per heavy atom. The Labute approximate surface area is 146 Å². The molecule has 1 saturated carbocycles. The highest BCUT2D eigenvalue weighted by Crippen LogP contribution is 2.46. The van der Waals surface area contributed by atoms with Crippen molar-refractivity contribution in [2.75, 3.05) is 11.9 Å². The first-order valence-electron chi connectivity index (χ1n) is 8.62. The molecule has 2 amide bonds. The van der Waals surface area contributed by atoms with Crippen molar-refractivity contribution < 1.29 is 23.8 Å². The maximum absolute atomic E-state index is 13.2. The molecule has 2 fully saturated rings. The summed E-state index contributed by atoms with van der Waals surface area (Å²) in [6, 6.07) is 5.59. The predicted octanol–water partition coefficient (Wildman–Crippen LogP) is 3.02. The summed E-state index contributed by atoms with van der Waals surface area (Å²) in [7, 11) is 0. The molecule has 0 bridgehead atoms. The number of rotatable bonds is 4. The molecule has 1 atom stereocenters. The molecule has 1 spiro atoms. The Balaban J connectivity index is 1.62. The van der Waals surface area contributed by atoms with Crippen molar-refractivity contribution in [1.82, 2.24) is 4.90 Å². The van der Waals surface area contributed by atoms with Crippen molar-refractivity contribution >= 4 is 17.7 Å². The largest absolute Gasteiger partial charge is 0.438 e. The van der Waals surface area contributed by atoms with Gasteiger partial charge in [-0.05, 0) is 50.8 Å². The van der Waals surface area contributed by atoms with Gasteiger partial charge in [0.25, 0.3) is 0 Å². The van der Waals surface area contributed by atoms with Crippen LogP contribution in [0.3, 0.4) is 0 Å². The molecule has 0 unspecified atom stereocenters. The van der Waals surface area contributed by atoms with Crippen LogP contribution in [0.5, 0.6) is 0 Å². The molecule has 1 heterocycles. The Morgan fingerprint density at radius 1 is 1.36 bits per heavy atom. The summed E-state index contributed by atoms with van der Waals surface area (Å²) in [5.74, 6) is -0.804. The second kappa shape index (κ2) is 6.63. The van der Waals surface area contributed by atoms with Gasteiger partial charge in [0.05, 0.1) is 0 Å². The number of anilines is 1. The van der Waals surface area contributed by atoms with Crippen molar-refractivity contribution in [3.63, 3.8) is 0 Å². The molecule has 1 aromatic carbocycles. The molecule has 7 heteroatoms. The van der Waals surface area contributed by atoms with Crippen molar-refractivity contribution in [2.24, 2.45) is 0 Å². The number of carbonyl (C=O) groups excluding carboxylic acids is 2. The summed E-state index contributed by atoms with van der Waals surface area (Å²) in [6.07, 6.45) is 3.50. The Morgan fingerprint density at radius 2 is 2.08 bits per heavy atom. The minimum atomic E-state index is -1.44. The quantitative estimate of drug-likeness (QED) is 0.875. The van der Waals surface area contributed by atoms with Crippen LogP contribution in [0.15, 0.2) is 24.3 Å². The van der Waals surface area contributed by atoms with E-state index in [-0.39, 0.29) is 18.9 Å². The summed E-state index contributed by atoms with van der Waals surface area (Å²) in [6.45, 7) is 1.61. The van der Waals surface area contributed by atoms with Gasteiger partial charge in [0.2, 0.25) is 5.91 Å². The normalized spacial score (nSPS) is 25.1. The number of hydrogen-bond donors (Lipinski definition) is 2. The number of hydrogen-bond acceptors (Lipinski definition) is 4. The molecule has 1 aliphatic carbocycles.